The van der Waals surface area contributed by atoms with E-state index in [9.17, 15) is 9.18 Å². The largest absolute Gasteiger partial charge is 0.334 e. The van der Waals surface area contributed by atoms with Crippen LogP contribution < -0.4 is 10.9 Å². The van der Waals surface area contributed by atoms with Crippen LogP contribution in [0.4, 0.5) is 4.39 Å². The highest BCUT2D eigenvalue weighted by atomic mass is 35.5. The molecule has 150 valence electrons. The van der Waals surface area contributed by atoms with Crippen molar-refractivity contribution in [3.8, 4) is 22.8 Å². The number of nitrogens with one attached hydrogen (secondary N) is 2. The van der Waals surface area contributed by atoms with Gasteiger partial charge in [-0.15, -0.1) is 12.4 Å². The first-order valence-electron chi connectivity index (χ1n) is 9.11. The molecule has 4 aromatic rings. The average Bonchev–Trinajstić information content (AvgIpc) is 3.35. The van der Waals surface area contributed by atoms with Gasteiger partial charge < -0.3 is 14.8 Å². The SMILES string of the molecule is Cl.O=c1cc(C2CCNCC2)n2ncc(-c3noc(-c4ccccc4F)n3)c2[nH]1. The van der Waals surface area contributed by atoms with E-state index in [1.54, 1.807) is 35.0 Å². The van der Waals surface area contributed by atoms with Gasteiger partial charge in [-0.2, -0.15) is 10.1 Å². The van der Waals surface area contributed by atoms with Gasteiger partial charge in [-0.3, -0.25) is 4.79 Å². The molecule has 0 aliphatic carbocycles. The van der Waals surface area contributed by atoms with Crippen LogP contribution in [0.25, 0.3) is 28.5 Å². The van der Waals surface area contributed by atoms with Crippen LogP contribution in [0.2, 0.25) is 0 Å². The molecule has 0 saturated carbocycles. The molecule has 2 N–H and O–H groups in total. The first-order chi connectivity index (χ1) is 13.7. The Hall–Kier alpha value is -3.04. The highest BCUT2D eigenvalue weighted by Gasteiger charge is 2.22. The number of rotatable bonds is 3. The van der Waals surface area contributed by atoms with E-state index in [1.807, 2.05) is 0 Å². The van der Waals surface area contributed by atoms with Gasteiger partial charge in [-0.05, 0) is 38.1 Å². The summed E-state index contributed by atoms with van der Waals surface area (Å²) in [4.78, 5) is 19.4. The van der Waals surface area contributed by atoms with E-state index in [1.165, 1.54) is 6.07 Å². The summed E-state index contributed by atoms with van der Waals surface area (Å²) in [5, 5.41) is 11.7. The van der Waals surface area contributed by atoms with Crippen LogP contribution in [0.5, 0.6) is 0 Å². The molecule has 29 heavy (non-hydrogen) atoms. The van der Waals surface area contributed by atoms with Gasteiger partial charge in [0.05, 0.1) is 23.0 Å². The highest BCUT2D eigenvalue weighted by molar-refractivity contribution is 5.85. The van der Waals surface area contributed by atoms with E-state index < -0.39 is 5.82 Å². The highest BCUT2D eigenvalue weighted by Crippen LogP contribution is 2.29. The molecule has 0 amide bonds. The minimum atomic E-state index is -0.445. The zero-order chi connectivity index (χ0) is 19.1. The van der Waals surface area contributed by atoms with Gasteiger partial charge >= 0.3 is 0 Å². The van der Waals surface area contributed by atoms with Crippen LogP contribution in [0, 0.1) is 5.82 Å². The van der Waals surface area contributed by atoms with Crippen LogP contribution in [-0.4, -0.2) is 37.8 Å². The quantitative estimate of drug-likeness (QED) is 0.532. The maximum atomic E-state index is 14.0. The fourth-order valence-corrected chi connectivity index (χ4v) is 3.66. The van der Waals surface area contributed by atoms with Gasteiger partial charge in [0, 0.05) is 12.0 Å². The van der Waals surface area contributed by atoms with Crippen LogP contribution in [0.1, 0.15) is 24.5 Å². The number of halogens is 2. The predicted molar refractivity (Wildman–Crippen MR) is 107 cm³/mol. The van der Waals surface area contributed by atoms with Crippen molar-refractivity contribution < 1.29 is 8.91 Å². The number of H-pyrrole nitrogens is 1. The third kappa shape index (κ3) is 3.43. The number of hydrogen-bond acceptors (Lipinski definition) is 6. The van der Waals surface area contributed by atoms with Crippen LogP contribution >= 0.6 is 12.4 Å². The summed E-state index contributed by atoms with van der Waals surface area (Å²) in [6.07, 6.45) is 3.46. The van der Waals surface area contributed by atoms with Gasteiger partial charge in [0.15, 0.2) is 0 Å². The number of piperidine rings is 1. The topological polar surface area (TPSA) is 101 Å². The van der Waals surface area contributed by atoms with Crippen LogP contribution in [-0.2, 0) is 0 Å². The molecular weight excluding hydrogens is 399 g/mol. The third-order valence-corrected chi connectivity index (χ3v) is 5.06. The molecule has 1 aromatic carbocycles. The molecule has 1 fully saturated rings. The summed E-state index contributed by atoms with van der Waals surface area (Å²) < 4.78 is 21.0. The molecule has 5 rings (SSSR count). The predicted octanol–water partition coefficient (Wildman–Crippen LogP) is 2.77. The summed E-state index contributed by atoms with van der Waals surface area (Å²) in [6.45, 7) is 1.81. The maximum absolute atomic E-state index is 14.0. The first kappa shape index (κ1) is 19.3. The molecule has 0 atom stereocenters. The van der Waals surface area contributed by atoms with Crippen molar-refractivity contribution in [1.82, 2.24) is 30.1 Å². The first-order valence-corrected chi connectivity index (χ1v) is 9.11. The lowest BCUT2D eigenvalue weighted by Gasteiger charge is -2.23. The normalized spacial score (nSPS) is 14.8. The Kier molecular flexibility index (Phi) is 5.16. The molecular formula is C19H18ClFN6O2. The minimum absolute atomic E-state index is 0. The Labute approximate surface area is 170 Å². The molecule has 0 unspecified atom stereocenters. The van der Waals surface area contributed by atoms with Crippen molar-refractivity contribution in [2.45, 2.75) is 18.8 Å². The number of fused-ring (bicyclic) bond motifs is 1. The van der Waals surface area contributed by atoms with E-state index in [2.05, 4.69) is 25.5 Å². The fourth-order valence-electron chi connectivity index (χ4n) is 3.66. The second kappa shape index (κ2) is 7.76. The van der Waals surface area contributed by atoms with Crippen molar-refractivity contribution in [3.63, 3.8) is 0 Å². The lowest BCUT2D eigenvalue weighted by atomic mass is 9.94. The molecule has 10 heteroatoms. The summed E-state index contributed by atoms with van der Waals surface area (Å²) in [5.41, 5.74) is 1.91. The molecule has 0 radical (unpaired) electrons. The Balaban J connectivity index is 0.00000205. The molecule has 1 aliphatic rings. The molecule has 3 aromatic heterocycles. The van der Waals surface area contributed by atoms with E-state index in [4.69, 9.17) is 4.52 Å². The second-order valence-corrected chi connectivity index (χ2v) is 6.80. The van der Waals surface area contributed by atoms with Crippen molar-refractivity contribution >= 4 is 18.1 Å². The zero-order valence-electron chi connectivity index (χ0n) is 15.3. The number of nitrogens with zero attached hydrogens (tertiary/aromatic N) is 4. The second-order valence-electron chi connectivity index (χ2n) is 6.80. The lowest BCUT2D eigenvalue weighted by molar-refractivity contribution is 0.429. The Morgan fingerprint density at radius 2 is 1.97 bits per heavy atom. The molecule has 0 bridgehead atoms. The third-order valence-electron chi connectivity index (χ3n) is 5.06. The fraction of sp³-hybridized carbons (Fsp3) is 0.263. The van der Waals surface area contributed by atoms with Gasteiger partial charge in [0.25, 0.3) is 11.4 Å². The Morgan fingerprint density at radius 1 is 1.17 bits per heavy atom. The number of benzene rings is 1. The van der Waals surface area contributed by atoms with Crippen molar-refractivity contribution in [2.24, 2.45) is 0 Å². The minimum Gasteiger partial charge on any atom is -0.334 e. The standard InChI is InChI=1S/C19H17FN6O2.ClH/c20-14-4-2-1-3-12(14)19-24-17(25-28-19)13-10-22-26-15(9-16(27)23-18(13)26)11-5-7-21-8-6-11;/h1-4,9-11,21H,5-8H2,(H,23,27);1H. The van der Waals surface area contributed by atoms with Gasteiger partial charge in [-0.25, -0.2) is 8.91 Å². The van der Waals surface area contributed by atoms with E-state index in [0.29, 0.717) is 11.2 Å². The van der Waals surface area contributed by atoms with Crippen molar-refractivity contribution in [3.05, 3.63) is 58.4 Å². The van der Waals surface area contributed by atoms with Gasteiger partial charge in [0.1, 0.15) is 11.5 Å². The smallest absolute Gasteiger partial charge is 0.261 e. The molecule has 1 aliphatic heterocycles. The van der Waals surface area contributed by atoms with Gasteiger partial charge in [-0.1, -0.05) is 17.3 Å². The molecule has 1 saturated heterocycles. The number of aromatic amines is 1. The molecule has 8 nitrogen and oxygen atoms in total. The number of aromatic nitrogens is 5. The van der Waals surface area contributed by atoms with E-state index >= 15 is 0 Å². The lowest BCUT2D eigenvalue weighted by Crippen LogP contribution is -2.28. The van der Waals surface area contributed by atoms with E-state index in [-0.39, 0.29) is 41.2 Å². The Bertz CT molecular complexity index is 1210. The molecule has 4 heterocycles. The maximum Gasteiger partial charge on any atom is 0.261 e. The zero-order valence-corrected chi connectivity index (χ0v) is 16.1. The van der Waals surface area contributed by atoms with Crippen LogP contribution in [0.3, 0.4) is 0 Å². The summed E-state index contributed by atoms with van der Waals surface area (Å²) >= 11 is 0. The van der Waals surface area contributed by atoms with Gasteiger partial charge in [0.2, 0.25) is 5.82 Å². The monoisotopic (exact) mass is 416 g/mol. The molecule has 0 spiro atoms. The Morgan fingerprint density at radius 3 is 2.76 bits per heavy atom. The van der Waals surface area contributed by atoms with Crippen LogP contribution in [0.15, 0.2) is 45.8 Å². The van der Waals surface area contributed by atoms with Crippen molar-refractivity contribution in [2.75, 3.05) is 13.1 Å². The number of hydrogen-bond donors (Lipinski definition) is 2. The summed E-state index contributed by atoms with van der Waals surface area (Å²) in [5.74, 6) is 0.118. The van der Waals surface area contributed by atoms with E-state index in [0.717, 1.165) is 31.6 Å². The van der Waals surface area contributed by atoms with Crippen molar-refractivity contribution in [1.29, 1.82) is 0 Å². The summed E-state index contributed by atoms with van der Waals surface area (Å²) in [6, 6.07) is 7.78. The average molecular weight is 417 g/mol. The summed E-state index contributed by atoms with van der Waals surface area (Å²) in [7, 11) is 0.